The van der Waals surface area contributed by atoms with Gasteiger partial charge >= 0.3 is 0 Å². The van der Waals surface area contributed by atoms with Gasteiger partial charge in [0.2, 0.25) is 11.8 Å². The fraction of sp³-hybridized carbons (Fsp3) is 0.438. The van der Waals surface area contributed by atoms with Crippen LogP contribution in [0.2, 0.25) is 0 Å². The molecule has 1 aromatic carbocycles. The molecule has 2 aliphatic rings. The molecule has 3 rings (SSSR count). The van der Waals surface area contributed by atoms with E-state index in [4.69, 9.17) is 0 Å². The van der Waals surface area contributed by atoms with E-state index in [9.17, 15) is 14.4 Å². The second kappa shape index (κ2) is 5.44. The lowest BCUT2D eigenvalue weighted by atomic mass is 10.1. The summed E-state index contributed by atoms with van der Waals surface area (Å²) in [6.07, 6.45) is 0. The Hall–Kier alpha value is -2.37. The number of amides is 3. The van der Waals surface area contributed by atoms with Crippen molar-refractivity contribution in [3.8, 4) is 0 Å². The molecule has 2 fully saturated rings. The Morgan fingerprint density at radius 2 is 1.82 bits per heavy atom. The van der Waals surface area contributed by atoms with Crippen molar-refractivity contribution in [3.63, 3.8) is 0 Å². The highest BCUT2D eigenvalue weighted by Crippen LogP contribution is 2.19. The van der Waals surface area contributed by atoms with Crippen LogP contribution in [-0.2, 0) is 9.59 Å². The number of piperazine rings is 2. The van der Waals surface area contributed by atoms with Gasteiger partial charge in [0.15, 0.2) is 0 Å². The van der Waals surface area contributed by atoms with Crippen LogP contribution in [0.5, 0.6) is 0 Å². The molecule has 22 heavy (non-hydrogen) atoms. The average molecular weight is 301 g/mol. The summed E-state index contributed by atoms with van der Waals surface area (Å²) in [5.41, 5.74) is 1.71. The van der Waals surface area contributed by atoms with Gasteiger partial charge in [-0.15, -0.1) is 0 Å². The quantitative estimate of drug-likeness (QED) is 0.740. The second-order valence-corrected chi connectivity index (χ2v) is 5.91. The third-order valence-electron chi connectivity index (χ3n) is 4.32. The molecule has 0 saturated carbocycles. The fourth-order valence-electron chi connectivity index (χ4n) is 2.98. The van der Waals surface area contributed by atoms with Gasteiger partial charge < -0.3 is 14.7 Å². The summed E-state index contributed by atoms with van der Waals surface area (Å²) in [6.45, 7) is 3.24. The summed E-state index contributed by atoms with van der Waals surface area (Å²) in [4.78, 5) is 41.5. The first-order chi connectivity index (χ1) is 10.5. The molecule has 6 nitrogen and oxygen atoms in total. The molecule has 2 aliphatic heterocycles. The van der Waals surface area contributed by atoms with Crippen molar-refractivity contribution in [2.75, 3.05) is 33.2 Å². The van der Waals surface area contributed by atoms with E-state index < -0.39 is 6.04 Å². The molecule has 0 spiro atoms. The maximum atomic E-state index is 12.6. The van der Waals surface area contributed by atoms with E-state index in [2.05, 4.69) is 0 Å². The van der Waals surface area contributed by atoms with Crippen LogP contribution < -0.4 is 0 Å². The number of fused-ring (bicyclic) bond motifs is 1. The minimum Gasteiger partial charge on any atom is -0.335 e. The molecule has 3 amide bonds. The number of benzene rings is 1. The first-order valence-electron chi connectivity index (χ1n) is 7.38. The highest BCUT2D eigenvalue weighted by atomic mass is 16.2. The Labute approximate surface area is 129 Å². The summed E-state index contributed by atoms with van der Waals surface area (Å²) in [7, 11) is 1.62. The summed E-state index contributed by atoms with van der Waals surface area (Å²) in [6, 6.07) is 6.84. The maximum Gasteiger partial charge on any atom is 0.253 e. The van der Waals surface area contributed by atoms with Gasteiger partial charge in [-0.05, 0) is 19.1 Å². The van der Waals surface area contributed by atoms with E-state index in [-0.39, 0.29) is 30.8 Å². The van der Waals surface area contributed by atoms with Crippen LogP contribution in [0.3, 0.4) is 0 Å². The van der Waals surface area contributed by atoms with Gasteiger partial charge in [0.1, 0.15) is 6.04 Å². The first-order valence-corrected chi connectivity index (χ1v) is 7.38. The first kappa shape index (κ1) is 14.6. The molecular formula is C16H19N3O3. The Morgan fingerprint density at radius 3 is 2.50 bits per heavy atom. The zero-order chi connectivity index (χ0) is 15.9. The van der Waals surface area contributed by atoms with E-state index in [1.165, 1.54) is 4.90 Å². The van der Waals surface area contributed by atoms with Crippen LogP contribution in [0.1, 0.15) is 15.9 Å². The molecule has 0 aromatic heterocycles. The van der Waals surface area contributed by atoms with Crippen molar-refractivity contribution < 1.29 is 14.4 Å². The lowest BCUT2D eigenvalue weighted by molar-refractivity contribution is -0.157. The molecular weight excluding hydrogens is 282 g/mol. The van der Waals surface area contributed by atoms with E-state index in [1.807, 2.05) is 19.1 Å². The minimum absolute atomic E-state index is 0.0467. The maximum absolute atomic E-state index is 12.6. The molecule has 0 N–H and O–H groups in total. The molecule has 2 heterocycles. The van der Waals surface area contributed by atoms with Crippen molar-refractivity contribution in [1.29, 1.82) is 0 Å². The van der Waals surface area contributed by atoms with Gasteiger partial charge in [0.05, 0.1) is 13.1 Å². The van der Waals surface area contributed by atoms with Gasteiger partial charge in [-0.3, -0.25) is 14.4 Å². The van der Waals surface area contributed by atoms with Crippen LogP contribution in [-0.4, -0.2) is 71.7 Å². The minimum atomic E-state index is -0.547. The SMILES string of the molecule is Cc1ccc(C(=O)N2CCN3C(=O)CN(C)C(=O)[C@H]3C2)cc1. The Bertz CT molecular complexity index is 626. The van der Waals surface area contributed by atoms with Gasteiger partial charge in [-0.1, -0.05) is 17.7 Å². The molecule has 1 atom stereocenters. The van der Waals surface area contributed by atoms with E-state index in [0.29, 0.717) is 18.7 Å². The Balaban J connectivity index is 1.77. The number of carbonyl (C=O) groups excluding carboxylic acids is 3. The number of carbonyl (C=O) groups is 3. The zero-order valence-electron chi connectivity index (χ0n) is 12.8. The predicted octanol–water partition coefficient (Wildman–Crippen LogP) is 0.120. The standard InChI is InChI=1S/C16H19N3O3/c1-11-3-5-12(6-4-11)15(21)18-7-8-19-13(9-18)16(22)17(2)10-14(19)20/h3-6,13H,7-10H2,1-2H3/t13-/m1/s1. The highest BCUT2D eigenvalue weighted by Gasteiger charge is 2.42. The van der Waals surface area contributed by atoms with Crippen LogP contribution in [0.4, 0.5) is 0 Å². The summed E-state index contributed by atoms with van der Waals surface area (Å²) >= 11 is 0. The van der Waals surface area contributed by atoms with E-state index in [0.717, 1.165) is 5.56 Å². The fourth-order valence-corrected chi connectivity index (χ4v) is 2.98. The number of rotatable bonds is 1. The Kier molecular flexibility index (Phi) is 3.60. The number of aryl methyl sites for hydroxylation is 1. The van der Waals surface area contributed by atoms with Crippen LogP contribution in [0.25, 0.3) is 0 Å². The van der Waals surface area contributed by atoms with Crippen molar-refractivity contribution >= 4 is 17.7 Å². The van der Waals surface area contributed by atoms with Crippen LogP contribution in [0.15, 0.2) is 24.3 Å². The molecule has 0 unspecified atom stereocenters. The highest BCUT2D eigenvalue weighted by molar-refractivity contribution is 5.98. The monoisotopic (exact) mass is 301 g/mol. The van der Waals surface area contributed by atoms with Crippen molar-refractivity contribution in [3.05, 3.63) is 35.4 Å². The molecule has 0 bridgehead atoms. The number of likely N-dealkylation sites (N-methyl/N-ethyl adjacent to an activating group) is 1. The number of hydrogen-bond acceptors (Lipinski definition) is 3. The van der Waals surface area contributed by atoms with Gasteiger partial charge in [-0.2, -0.15) is 0 Å². The van der Waals surface area contributed by atoms with Gasteiger partial charge in [-0.25, -0.2) is 0 Å². The second-order valence-electron chi connectivity index (χ2n) is 5.91. The summed E-state index contributed by atoms with van der Waals surface area (Å²) in [5.74, 6) is -0.233. The smallest absolute Gasteiger partial charge is 0.253 e. The molecule has 0 radical (unpaired) electrons. The summed E-state index contributed by atoms with van der Waals surface area (Å²) < 4.78 is 0. The van der Waals surface area contributed by atoms with Crippen molar-refractivity contribution in [2.24, 2.45) is 0 Å². The van der Waals surface area contributed by atoms with Crippen molar-refractivity contribution in [1.82, 2.24) is 14.7 Å². The Morgan fingerprint density at radius 1 is 1.14 bits per heavy atom. The predicted molar refractivity (Wildman–Crippen MR) is 80.2 cm³/mol. The van der Waals surface area contributed by atoms with E-state index in [1.54, 1.807) is 29.0 Å². The zero-order valence-corrected chi connectivity index (χ0v) is 12.8. The lowest BCUT2D eigenvalue weighted by Crippen LogP contribution is -2.66. The van der Waals surface area contributed by atoms with Gasteiger partial charge in [0.25, 0.3) is 5.91 Å². The average Bonchev–Trinajstić information content (AvgIpc) is 2.52. The third kappa shape index (κ3) is 2.45. The molecule has 116 valence electrons. The van der Waals surface area contributed by atoms with E-state index >= 15 is 0 Å². The topological polar surface area (TPSA) is 60.9 Å². The summed E-state index contributed by atoms with van der Waals surface area (Å²) in [5, 5.41) is 0. The third-order valence-corrected chi connectivity index (χ3v) is 4.32. The van der Waals surface area contributed by atoms with Gasteiger partial charge in [0, 0.05) is 25.7 Å². The molecule has 1 aromatic rings. The molecule has 6 heteroatoms. The molecule has 2 saturated heterocycles. The number of nitrogens with zero attached hydrogens (tertiary/aromatic N) is 3. The van der Waals surface area contributed by atoms with Crippen LogP contribution >= 0.6 is 0 Å². The van der Waals surface area contributed by atoms with Crippen LogP contribution in [0, 0.1) is 6.92 Å². The normalized spacial score (nSPS) is 21.9. The molecule has 0 aliphatic carbocycles. The lowest BCUT2D eigenvalue weighted by Gasteiger charge is -2.45. The largest absolute Gasteiger partial charge is 0.335 e. The number of hydrogen-bond donors (Lipinski definition) is 0. The van der Waals surface area contributed by atoms with Crippen molar-refractivity contribution in [2.45, 2.75) is 13.0 Å².